The molecule has 0 heterocycles. The summed E-state index contributed by atoms with van der Waals surface area (Å²) in [5.41, 5.74) is 1.63. The molecule has 1 aliphatic rings. The highest BCUT2D eigenvalue weighted by molar-refractivity contribution is 5.70. The normalized spacial score (nSPS) is 23.3. The number of aryl methyl sites for hydroxylation is 1. The van der Waals surface area contributed by atoms with Gasteiger partial charge in [-0.05, 0) is 48.1 Å². The fourth-order valence-electron chi connectivity index (χ4n) is 3.98. The number of hydrogen-bond acceptors (Lipinski definition) is 2. The Hall–Kier alpha value is -1.51. The lowest BCUT2D eigenvalue weighted by molar-refractivity contribution is 0.0969. The van der Waals surface area contributed by atoms with Crippen molar-refractivity contribution in [2.24, 2.45) is 10.8 Å². The van der Waals surface area contributed by atoms with Crippen LogP contribution in [0.2, 0.25) is 0 Å². The van der Waals surface area contributed by atoms with Gasteiger partial charge in [0.1, 0.15) is 5.75 Å². The van der Waals surface area contributed by atoms with E-state index in [0.717, 1.165) is 24.8 Å². The third kappa shape index (κ3) is 5.26. The van der Waals surface area contributed by atoms with Gasteiger partial charge in [-0.15, -0.1) is 0 Å². The zero-order valence-electron chi connectivity index (χ0n) is 15.1. The number of carbonyl (C=O) groups is 1. The van der Waals surface area contributed by atoms with Crippen molar-refractivity contribution in [3.63, 3.8) is 0 Å². The maximum absolute atomic E-state index is 12.2. The summed E-state index contributed by atoms with van der Waals surface area (Å²) in [5, 5.41) is 2.99. The van der Waals surface area contributed by atoms with E-state index in [0.29, 0.717) is 17.7 Å². The fraction of sp³-hybridized carbons (Fsp3) is 0.650. The predicted octanol–water partition coefficient (Wildman–Crippen LogP) is 5.33. The van der Waals surface area contributed by atoms with Gasteiger partial charge < -0.3 is 10.1 Å². The molecule has 1 aromatic carbocycles. The molecule has 1 unspecified atom stereocenters. The lowest BCUT2D eigenvalue weighted by Gasteiger charge is -2.42. The van der Waals surface area contributed by atoms with Crippen LogP contribution in [0.3, 0.4) is 0 Å². The summed E-state index contributed by atoms with van der Waals surface area (Å²) in [6.07, 6.45) is 6.45. The molecule has 23 heavy (non-hydrogen) atoms. The second-order valence-electron chi connectivity index (χ2n) is 8.11. The average molecular weight is 317 g/mol. The first-order valence-electron chi connectivity index (χ1n) is 8.87. The van der Waals surface area contributed by atoms with Gasteiger partial charge in [0.15, 0.2) is 0 Å². The van der Waals surface area contributed by atoms with Crippen molar-refractivity contribution in [1.82, 2.24) is 5.32 Å². The summed E-state index contributed by atoms with van der Waals surface area (Å²) in [5.74, 6) is 0.681. The van der Waals surface area contributed by atoms with E-state index in [-0.39, 0.29) is 11.5 Å². The SMILES string of the molecule is CCCc1ccccc1OC(=O)NCC1(C)CCCC(C)(C)C1. The molecule has 1 amide bonds. The highest BCUT2D eigenvalue weighted by Gasteiger charge is 2.36. The minimum absolute atomic E-state index is 0.170. The van der Waals surface area contributed by atoms with Crippen LogP contribution >= 0.6 is 0 Å². The highest BCUT2D eigenvalue weighted by Crippen LogP contribution is 2.45. The predicted molar refractivity (Wildman–Crippen MR) is 94.8 cm³/mol. The van der Waals surface area contributed by atoms with Crippen molar-refractivity contribution in [2.45, 2.75) is 66.2 Å². The van der Waals surface area contributed by atoms with E-state index in [2.05, 4.69) is 33.0 Å². The molecule has 0 aliphatic heterocycles. The first-order chi connectivity index (χ1) is 10.8. The average Bonchev–Trinajstić information content (AvgIpc) is 2.46. The van der Waals surface area contributed by atoms with Crippen molar-refractivity contribution < 1.29 is 9.53 Å². The van der Waals surface area contributed by atoms with Gasteiger partial charge in [-0.3, -0.25) is 0 Å². The van der Waals surface area contributed by atoms with Crippen LogP contribution in [0.25, 0.3) is 0 Å². The van der Waals surface area contributed by atoms with Crippen LogP contribution in [0.5, 0.6) is 5.75 Å². The quantitative estimate of drug-likeness (QED) is 0.796. The van der Waals surface area contributed by atoms with E-state index in [1.54, 1.807) is 0 Å². The van der Waals surface area contributed by atoms with Crippen molar-refractivity contribution in [3.05, 3.63) is 29.8 Å². The lowest BCUT2D eigenvalue weighted by atomic mass is 9.64. The van der Waals surface area contributed by atoms with E-state index in [1.807, 2.05) is 24.3 Å². The number of hydrogen-bond donors (Lipinski definition) is 1. The number of ether oxygens (including phenoxy) is 1. The largest absolute Gasteiger partial charge is 0.412 e. The number of rotatable bonds is 5. The second kappa shape index (κ2) is 7.37. The molecule has 1 aliphatic carbocycles. The van der Waals surface area contributed by atoms with Crippen LogP contribution in [0.15, 0.2) is 24.3 Å². The van der Waals surface area contributed by atoms with Crippen molar-refractivity contribution in [3.8, 4) is 5.75 Å². The summed E-state index contributed by atoms with van der Waals surface area (Å²) < 4.78 is 5.54. The Bertz CT molecular complexity index is 538. The minimum atomic E-state index is -0.335. The smallest absolute Gasteiger partial charge is 0.410 e. The van der Waals surface area contributed by atoms with E-state index >= 15 is 0 Å². The molecule has 3 heteroatoms. The summed E-state index contributed by atoms with van der Waals surface area (Å²) >= 11 is 0. The van der Waals surface area contributed by atoms with Gasteiger partial charge in [-0.2, -0.15) is 0 Å². The zero-order chi connectivity index (χ0) is 16.9. The number of amides is 1. The van der Waals surface area contributed by atoms with Crippen LogP contribution < -0.4 is 10.1 Å². The van der Waals surface area contributed by atoms with Gasteiger partial charge in [0, 0.05) is 6.54 Å². The molecular weight excluding hydrogens is 286 g/mol. The van der Waals surface area contributed by atoms with Crippen LogP contribution in [-0.2, 0) is 6.42 Å². The molecule has 1 N–H and O–H groups in total. The first-order valence-corrected chi connectivity index (χ1v) is 8.87. The van der Waals surface area contributed by atoms with Crippen LogP contribution in [-0.4, -0.2) is 12.6 Å². The van der Waals surface area contributed by atoms with E-state index in [1.165, 1.54) is 19.3 Å². The molecule has 1 fully saturated rings. The maximum Gasteiger partial charge on any atom is 0.412 e. The fourth-order valence-corrected chi connectivity index (χ4v) is 3.98. The third-order valence-corrected chi connectivity index (χ3v) is 4.89. The Morgan fingerprint density at radius 2 is 1.96 bits per heavy atom. The summed E-state index contributed by atoms with van der Waals surface area (Å²) in [6, 6.07) is 7.79. The molecule has 0 saturated heterocycles. The molecule has 2 rings (SSSR count). The Morgan fingerprint density at radius 1 is 1.22 bits per heavy atom. The minimum Gasteiger partial charge on any atom is -0.410 e. The molecule has 3 nitrogen and oxygen atoms in total. The Labute approximate surface area is 140 Å². The lowest BCUT2D eigenvalue weighted by Crippen LogP contribution is -2.41. The van der Waals surface area contributed by atoms with Gasteiger partial charge in [0.05, 0.1) is 0 Å². The topological polar surface area (TPSA) is 38.3 Å². The van der Waals surface area contributed by atoms with Gasteiger partial charge in [0.2, 0.25) is 0 Å². The Kier molecular flexibility index (Phi) is 5.72. The van der Waals surface area contributed by atoms with Gasteiger partial charge in [0.25, 0.3) is 0 Å². The highest BCUT2D eigenvalue weighted by atomic mass is 16.6. The van der Waals surface area contributed by atoms with Crippen LogP contribution in [0.4, 0.5) is 4.79 Å². The van der Waals surface area contributed by atoms with Gasteiger partial charge in [-0.1, -0.05) is 58.7 Å². The Balaban J connectivity index is 1.90. The summed E-state index contributed by atoms with van der Waals surface area (Å²) in [6.45, 7) is 9.74. The van der Waals surface area contributed by atoms with E-state index in [4.69, 9.17) is 4.74 Å². The van der Waals surface area contributed by atoms with Crippen molar-refractivity contribution in [1.29, 1.82) is 0 Å². The van der Waals surface area contributed by atoms with Crippen molar-refractivity contribution >= 4 is 6.09 Å². The molecule has 1 saturated carbocycles. The molecule has 0 bridgehead atoms. The number of benzene rings is 1. The second-order valence-corrected chi connectivity index (χ2v) is 8.11. The number of para-hydroxylation sites is 1. The van der Waals surface area contributed by atoms with E-state index in [9.17, 15) is 4.79 Å². The molecule has 1 aromatic rings. The molecule has 1 atom stereocenters. The van der Waals surface area contributed by atoms with Crippen LogP contribution in [0, 0.1) is 10.8 Å². The molecule has 0 aromatic heterocycles. The summed E-state index contributed by atoms with van der Waals surface area (Å²) in [7, 11) is 0. The molecular formula is C20H31NO2. The van der Waals surface area contributed by atoms with Gasteiger partial charge in [-0.25, -0.2) is 4.79 Å². The monoisotopic (exact) mass is 317 g/mol. The van der Waals surface area contributed by atoms with Crippen LogP contribution in [0.1, 0.15) is 65.4 Å². The summed E-state index contributed by atoms with van der Waals surface area (Å²) in [4.78, 5) is 12.2. The van der Waals surface area contributed by atoms with Gasteiger partial charge >= 0.3 is 6.09 Å². The molecule has 0 radical (unpaired) electrons. The maximum atomic E-state index is 12.2. The number of nitrogens with one attached hydrogen (secondary N) is 1. The Morgan fingerprint density at radius 3 is 2.65 bits per heavy atom. The molecule has 0 spiro atoms. The standard InChI is InChI=1S/C20H31NO2/c1-5-9-16-10-6-7-11-17(16)23-18(22)21-15-20(4)13-8-12-19(2,3)14-20/h6-7,10-11H,5,8-9,12-15H2,1-4H3,(H,21,22). The number of carbonyl (C=O) groups excluding carboxylic acids is 1. The first kappa shape index (κ1) is 17.8. The zero-order valence-corrected chi connectivity index (χ0v) is 15.1. The third-order valence-electron chi connectivity index (χ3n) is 4.89. The molecule has 128 valence electrons. The van der Waals surface area contributed by atoms with E-state index < -0.39 is 0 Å². The van der Waals surface area contributed by atoms with Crippen molar-refractivity contribution in [2.75, 3.05) is 6.54 Å².